The van der Waals surface area contributed by atoms with Gasteiger partial charge in [-0.15, -0.1) is 0 Å². The Morgan fingerprint density at radius 3 is 2.35 bits per heavy atom. The monoisotopic (exact) mass is 318 g/mol. The van der Waals surface area contributed by atoms with E-state index in [2.05, 4.69) is 79.1 Å². The summed E-state index contributed by atoms with van der Waals surface area (Å²) in [6.07, 6.45) is 0. The first-order valence-electron chi connectivity index (χ1n) is 9.02. The van der Waals surface area contributed by atoms with Crippen molar-refractivity contribution in [1.82, 2.24) is 15.1 Å². The molecule has 0 spiro atoms. The first-order valence-corrected chi connectivity index (χ1v) is 9.02. The molecule has 1 fully saturated rings. The second-order valence-corrected chi connectivity index (χ2v) is 6.84. The van der Waals surface area contributed by atoms with Crippen molar-refractivity contribution in [2.45, 2.75) is 32.9 Å². The highest BCUT2D eigenvalue weighted by molar-refractivity contribution is 5.46. The molecule has 0 bridgehead atoms. The maximum atomic E-state index is 3.56. The van der Waals surface area contributed by atoms with E-state index in [1.165, 1.54) is 11.3 Å². The quantitative estimate of drug-likeness (QED) is 0.833. The Labute approximate surface area is 142 Å². The van der Waals surface area contributed by atoms with Crippen LogP contribution in [0.15, 0.2) is 24.3 Å². The van der Waals surface area contributed by atoms with Gasteiger partial charge in [-0.25, -0.2) is 0 Å². The largest absolute Gasteiger partial charge is 0.378 e. The Kier molecular flexibility index (Phi) is 6.88. The molecule has 23 heavy (non-hydrogen) atoms. The van der Waals surface area contributed by atoms with E-state index in [4.69, 9.17) is 0 Å². The van der Waals surface area contributed by atoms with Gasteiger partial charge in [-0.2, -0.15) is 0 Å². The molecule has 0 aromatic heterocycles. The molecule has 2 unspecified atom stereocenters. The maximum Gasteiger partial charge on any atom is 0.0476 e. The minimum absolute atomic E-state index is 0.482. The standard InChI is InChI=1S/C19H34N4/c1-6-22(7-2)15-19(23-13-12-20-16(3)14-23)17-8-10-18(11-9-17)21(4)5/h8-11,16,19-20H,6-7,12-15H2,1-5H3. The molecular formula is C19H34N4. The van der Waals surface area contributed by atoms with Crippen LogP contribution < -0.4 is 10.2 Å². The molecule has 4 nitrogen and oxygen atoms in total. The second kappa shape index (κ2) is 8.67. The van der Waals surface area contributed by atoms with Crippen LogP contribution >= 0.6 is 0 Å². The van der Waals surface area contributed by atoms with Gasteiger partial charge in [-0.1, -0.05) is 26.0 Å². The third-order valence-electron chi connectivity index (χ3n) is 4.96. The normalized spacial score (nSPS) is 20.7. The molecule has 1 aliphatic rings. The van der Waals surface area contributed by atoms with Crippen LogP contribution in [0.4, 0.5) is 5.69 Å². The van der Waals surface area contributed by atoms with Crippen LogP contribution in [-0.2, 0) is 0 Å². The summed E-state index contributed by atoms with van der Waals surface area (Å²) < 4.78 is 0. The number of hydrogen-bond donors (Lipinski definition) is 1. The minimum atomic E-state index is 0.482. The molecule has 0 saturated carbocycles. The summed E-state index contributed by atoms with van der Waals surface area (Å²) in [4.78, 5) is 7.36. The summed E-state index contributed by atoms with van der Waals surface area (Å²) in [5, 5.41) is 3.56. The summed E-state index contributed by atoms with van der Waals surface area (Å²) in [6, 6.07) is 10.2. The SMILES string of the molecule is CCN(CC)CC(c1ccc(N(C)C)cc1)N1CCNC(C)C1. The third kappa shape index (κ3) is 4.93. The van der Waals surface area contributed by atoms with Crippen molar-refractivity contribution in [2.75, 3.05) is 58.3 Å². The number of nitrogens with zero attached hydrogens (tertiary/aromatic N) is 3. The maximum absolute atomic E-state index is 3.56. The number of rotatable bonds is 7. The second-order valence-electron chi connectivity index (χ2n) is 6.84. The summed E-state index contributed by atoms with van der Waals surface area (Å²) in [6.45, 7) is 13.5. The summed E-state index contributed by atoms with van der Waals surface area (Å²) >= 11 is 0. The molecule has 1 aromatic rings. The first-order chi connectivity index (χ1) is 11.0. The molecule has 0 radical (unpaired) electrons. The topological polar surface area (TPSA) is 21.8 Å². The van der Waals surface area contributed by atoms with Crippen molar-refractivity contribution in [3.05, 3.63) is 29.8 Å². The van der Waals surface area contributed by atoms with Gasteiger partial charge in [-0.3, -0.25) is 4.90 Å². The molecule has 0 amide bonds. The Morgan fingerprint density at radius 2 is 1.83 bits per heavy atom. The van der Waals surface area contributed by atoms with E-state index in [0.29, 0.717) is 12.1 Å². The number of hydrogen-bond acceptors (Lipinski definition) is 4. The molecule has 0 aliphatic carbocycles. The van der Waals surface area contributed by atoms with E-state index < -0.39 is 0 Å². The molecule has 1 aliphatic heterocycles. The third-order valence-corrected chi connectivity index (χ3v) is 4.96. The number of piperazine rings is 1. The fraction of sp³-hybridized carbons (Fsp3) is 0.684. The summed E-state index contributed by atoms with van der Waals surface area (Å²) in [5.74, 6) is 0. The molecule has 1 aromatic carbocycles. The Morgan fingerprint density at radius 1 is 1.17 bits per heavy atom. The van der Waals surface area contributed by atoms with E-state index in [0.717, 1.165) is 39.3 Å². The molecule has 1 heterocycles. The van der Waals surface area contributed by atoms with Crippen LogP contribution in [0.2, 0.25) is 0 Å². The minimum Gasteiger partial charge on any atom is -0.378 e. The van der Waals surface area contributed by atoms with Crippen molar-refractivity contribution < 1.29 is 0 Å². The molecule has 2 rings (SSSR count). The van der Waals surface area contributed by atoms with Crippen LogP contribution in [-0.4, -0.2) is 69.2 Å². The van der Waals surface area contributed by atoms with E-state index in [1.807, 2.05) is 0 Å². The van der Waals surface area contributed by atoms with Crippen LogP contribution in [0.5, 0.6) is 0 Å². The fourth-order valence-corrected chi connectivity index (χ4v) is 3.40. The molecule has 1 saturated heterocycles. The van der Waals surface area contributed by atoms with E-state index in [9.17, 15) is 0 Å². The first kappa shape index (κ1) is 18.2. The predicted octanol–water partition coefficient (Wildman–Crippen LogP) is 2.43. The van der Waals surface area contributed by atoms with Crippen molar-refractivity contribution in [3.8, 4) is 0 Å². The zero-order valence-corrected chi connectivity index (χ0v) is 15.5. The van der Waals surface area contributed by atoms with Gasteiger partial charge < -0.3 is 15.1 Å². The molecular weight excluding hydrogens is 284 g/mol. The highest BCUT2D eigenvalue weighted by Gasteiger charge is 2.26. The van der Waals surface area contributed by atoms with Gasteiger partial charge in [0.1, 0.15) is 0 Å². The number of benzene rings is 1. The lowest BCUT2D eigenvalue weighted by atomic mass is 10.0. The van der Waals surface area contributed by atoms with Gasteiger partial charge in [0, 0.05) is 58.0 Å². The van der Waals surface area contributed by atoms with Crippen molar-refractivity contribution >= 4 is 5.69 Å². The highest BCUT2D eigenvalue weighted by Crippen LogP contribution is 2.25. The van der Waals surface area contributed by atoms with E-state index in [1.54, 1.807) is 0 Å². The number of likely N-dealkylation sites (N-methyl/N-ethyl adjacent to an activating group) is 1. The van der Waals surface area contributed by atoms with Crippen LogP contribution in [0.25, 0.3) is 0 Å². The van der Waals surface area contributed by atoms with Gasteiger partial charge in [0.2, 0.25) is 0 Å². The highest BCUT2D eigenvalue weighted by atomic mass is 15.3. The number of nitrogens with one attached hydrogen (secondary N) is 1. The van der Waals surface area contributed by atoms with E-state index >= 15 is 0 Å². The summed E-state index contributed by atoms with van der Waals surface area (Å²) in [7, 11) is 4.20. The van der Waals surface area contributed by atoms with Gasteiger partial charge in [0.15, 0.2) is 0 Å². The van der Waals surface area contributed by atoms with Crippen molar-refractivity contribution in [3.63, 3.8) is 0 Å². The summed E-state index contributed by atoms with van der Waals surface area (Å²) in [5.41, 5.74) is 2.71. The van der Waals surface area contributed by atoms with Gasteiger partial charge >= 0.3 is 0 Å². The lowest BCUT2D eigenvalue weighted by Gasteiger charge is -2.40. The Hall–Kier alpha value is -1.10. The van der Waals surface area contributed by atoms with Crippen LogP contribution in [0, 0.1) is 0 Å². The van der Waals surface area contributed by atoms with Crippen molar-refractivity contribution in [1.29, 1.82) is 0 Å². The zero-order valence-electron chi connectivity index (χ0n) is 15.5. The van der Waals surface area contributed by atoms with Crippen molar-refractivity contribution in [2.24, 2.45) is 0 Å². The molecule has 4 heteroatoms. The van der Waals surface area contributed by atoms with Gasteiger partial charge in [0.05, 0.1) is 0 Å². The molecule has 2 atom stereocenters. The average molecular weight is 319 g/mol. The molecule has 130 valence electrons. The van der Waals surface area contributed by atoms with Gasteiger partial charge in [0.25, 0.3) is 0 Å². The zero-order chi connectivity index (χ0) is 16.8. The van der Waals surface area contributed by atoms with Crippen LogP contribution in [0.3, 0.4) is 0 Å². The average Bonchev–Trinajstić information content (AvgIpc) is 2.56. The molecule has 1 N–H and O–H groups in total. The van der Waals surface area contributed by atoms with Crippen LogP contribution in [0.1, 0.15) is 32.4 Å². The Balaban J connectivity index is 2.20. The van der Waals surface area contributed by atoms with E-state index in [-0.39, 0.29) is 0 Å². The lowest BCUT2D eigenvalue weighted by molar-refractivity contribution is 0.113. The predicted molar refractivity (Wildman–Crippen MR) is 100 cm³/mol. The van der Waals surface area contributed by atoms with Gasteiger partial charge in [-0.05, 0) is 37.7 Å². The lowest BCUT2D eigenvalue weighted by Crippen LogP contribution is -2.52. The Bertz CT molecular complexity index is 453. The fourth-order valence-electron chi connectivity index (χ4n) is 3.40. The number of anilines is 1. The smallest absolute Gasteiger partial charge is 0.0476 e.